The van der Waals surface area contributed by atoms with Gasteiger partial charge in [0.25, 0.3) is 7.59 Å². The van der Waals surface area contributed by atoms with Crippen LogP contribution in [0.2, 0.25) is 0 Å². The molecule has 2 heterocycles. The van der Waals surface area contributed by atoms with Gasteiger partial charge in [-0.1, -0.05) is 19.3 Å². The van der Waals surface area contributed by atoms with E-state index in [1.54, 1.807) is 0 Å². The summed E-state index contributed by atoms with van der Waals surface area (Å²) in [5.74, 6) is 0. The quantitative estimate of drug-likeness (QED) is 0.587. The van der Waals surface area contributed by atoms with Gasteiger partial charge in [0.05, 0.1) is 0 Å². The van der Waals surface area contributed by atoms with Crippen molar-refractivity contribution in [2.24, 2.45) is 0 Å². The Labute approximate surface area is 91.5 Å². The standard InChI is InChI=1S/C10H20N3OP/c14-15(12-6-7-12,13-8-9-13)11-10-4-2-1-3-5-10/h10H,1-9H2,(H,11,14). The van der Waals surface area contributed by atoms with E-state index in [4.69, 9.17) is 0 Å². The number of nitrogens with zero attached hydrogens (tertiary/aromatic N) is 2. The van der Waals surface area contributed by atoms with Gasteiger partial charge in [0.1, 0.15) is 0 Å². The highest BCUT2D eigenvalue weighted by molar-refractivity contribution is 7.57. The van der Waals surface area contributed by atoms with Crippen LogP contribution in [0, 0.1) is 0 Å². The van der Waals surface area contributed by atoms with Crippen molar-refractivity contribution in [3.63, 3.8) is 0 Å². The maximum Gasteiger partial charge on any atom is 0.284 e. The van der Waals surface area contributed by atoms with Crippen molar-refractivity contribution < 1.29 is 4.57 Å². The summed E-state index contributed by atoms with van der Waals surface area (Å²) in [5.41, 5.74) is 0. The van der Waals surface area contributed by atoms with Crippen molar-refractivity contribution in [1.29, 1.82) is 0 Å². The summed E-state index contributed by atoms with van der Waals surface area (Å²) in [6, 6.07) is 0.505. The maximum absolute atomic E-state index is 12.7. The first-order valence-corrected chi connectivity index (χ1v) is 7.79. The Morgan fingerprint density at radius 2 is 1.47 bits per heavy atom. The molecule has 0 amide bonds. The zero-order valence-corrected chi connectivity index (χ0v) is 10.1. The molecule has 0 atom stereocenters. The molecule has 1 saturated carbocycles. The van der Waals surface area contributed by atoms with E-state index in [2.05, 4.69) is 14.4 Å². The smallest absolute Gasteiger partial charge is 0.270 e. The zero-order valence-electron chi connectivity index (χ0n) is 9.19. The lowest BCUT2D eigenvalue weighted by Gasteiger charge is -2.29. The zero-order chi connectivity index (χ0) is 10.3. The first kappa shape index (κ1) is 10.3. The topological polar surface area (TPSA) is 35.1 Å². The largest absolute Gasteiger partial charge is 0.284 e. The molecule has 2 saturated heterocycles. The Kier molecular flexibility index (Phi) is 2.63. The van der Waals surface area contributed by atoms with E-state index >= 15 is 0 Å². The number of nitrogens with one attached hydrogen (secondary N) is 1. The number of hydrogen-bond donors (Lipinski definition) is 1. The monoisotopic (exact) mass is 229 g/mol. The Bertz CT molecular complexity index is 266. The fraction of sp³-hybridized carbons (Fsp3) is 1.00. The van der Waals surface area contributed by atoms with Crippen LogP contribution < -0.4 is 5.09 Å². The molecule has 0 radical (unpaired) electrons. The SMILES string of the molecule is O=P(NC1CCCCC1)(N1CC1)N1CC1. The second-order valence-electron chi connectivity index (χ2n) is 4.92. The van der Waals surface area contributed by atoms with E-state index in [1.165, 1.54) is 32.1 Å². The molecule has 1 N–H and O–H groups in total. The summed E-state index contributed by atoms with van der Waals surface area (Å²) in [4.78, 5) is 0. The predicted molar refractivity (Wildman–Crippen MR) is 60.8 cm³/mol. The molecular weight excluding hydrogens is 209 g/mol. The molecule has 3 rings (SSSR count). The van der Waals surface area contributed by atoms with E-state index in [-0.39, 0.29) is 0 Å². The van der Waals surface area contributed by atoms with Crippen LogP contribution in [0.4, 0.5) is 0 Å². The van der Waals surface area contributed by atoms with Crippen LogP contribution in [0.1, 0.15) is 32.1 Å². The van der Waals surface area contributed by atoms with Gasteiger partial charge in [0.2, 0.25) is 0 Å². The second kappa shape index (κ2) is 3.85. The Balaban J connectivity index is 1.64. The van der Waals surface area contributed by atoms with E-state index in [0.717, 1.165) is 26.2 Å². The van der Waals surface area contributed by atoms with Crippen LogP contribution in [0.5, 0.6) is 0 Å². The van der Waals surface area contributed by atoms with Gasteiger partial charge in [-0.3, -0.25) is 4.57 Å². The lowest BCUT2D eigenvalue weighted by atomic mass is 9.96. The molecule has 0 aromatic carbocycles. The van der Waals surface area contributed by atoms with E-state index < -0.39 is 7.59 Å². The fourth-order valence-corrected chi connectivity index (χ4v) is 5.12. The van der Waals surface area contributed by atoms with Crippen molar-refractivity contribution in [3.05, 3.63) is 0 Å². The Morgan fingerprint density at radius 1 is 0.933 bits per heavy atom. The van der Waals surface area contributed by atoms with Crippen LogP contribution >= 0.6 is 7.59 Å². The predicted octanol–water partition coefficient (Wildman–Crippen LogP) is 1.65. The van der Waals surface area contributed by atoms with Gasteiger partial charge in [-0.2, -0.15) is 0 Å². The molecule has 1 aliphatic carbocycles. The van der Waals surface area contributed by atoms with E-state index in [0.29, 0.717) is 6.04 Å². The maximum atomic E-state index is 12.7. The lowest BCUT2D eigenvalue weighted by molar-refractivity contribution is 0.396. The fourth-order valence-electron chi connectivity index (χ4n) is 2.44. The van der Waals surface area contributed by atoms with Crippen molar-refractivity contribution in [3.8, 4) is 0 Å². The summed E-state index contributed by atoms with van der Waals surface area (Å²) >= 11 is 0. The summed E-state index contributed by atoms with van der Waals surface area (Å²) in [7, 11) is -2.29. The van der Waals surface area contributed by atoms with Gasteiger partial charge in [-0.15, -0.1) is 0 Å². The van der Waals surface area contributed by atoms with Crippen molar-refractivity contribution in [2.45, 2.75) is 38.1 Å². The third-order valence-electron chi connectivity index (χ3n) is 3.57. The van der Waals surface area contributed by atoms with Gasteiger partial charge in [0.15, 0.2) is 0 Å². The molecule has 2 aliphatic heterocycles. The Morgan fingerprint density at radius 3 is 1.93 bits per heavy atom. The molecule has 0 spiro atoms. The summed E-state index contributed by atoms with van der Waals surface area (Å²) in [6.45, 7) is 4.09. The van der Waals surface area contributed by atoms with Crippen molar-refractivity contribution in [2.75, 3.05) is 26.2 Å². The number of hydrogen-bond acceptors (Lipinski definition) is 1. The molecule has 3 aliphatic rings. The van der Waals surface area contributed by atoms with Crippen LogP contribution in [-0.4, -0.2) is 41.6 Å². The molecule has 4 nitrogen and oxygen atoms in total. The van der Waals surface area contributed by atoms with Gasteiger partial charge in [0, 0.05) is 32.2 Å². The third-order valence-corrected chi connectivity index (χ3v) is 6.60. The van der Waals surface area contributed by atoms with Gasteiger partial charge < -0.3 is 0 Å². The van der Waals surface area contributed by atoms with Crippen LogP contribution in [0.25, 0.3) is 0 Å². The minimum atomic E-state index is -2.29. The molecule has 0 bridgehead atoms. The highest BCUT2D eigenvalue weighted by Gasteiger charge is 2.48. The first-order valence-electron chi connectivity index (χ1n) is 6.18. The molecule has 0 aromatic rings. The van der Waals surface area contributed by atoms with Gasteiger partial charge >= 0.3 is 0 Å². The minimum Gasteiger partial charge on any atom is -0.270 e. The van der Waals surface area contributed by atoms with Crippen LogP contribution in [0.3, 0.4) is 0 Å². The molecule has 15 heavy (non-hydrogen) atoms. The summed E-state index contributed by atoms with van der Waals surface area (Å²) < 4.78 is 17.0. The lowest BCUT2D eigenvalue weighted by Crippen LogP contribution is -2.33. The van der Waals surface area contributed by atoms with Crippen LogP contribution in [-0.2, 0) is 4.57 Å². The molecule has 0 aromatic heterocycles. The van der Waals surface area contributed by atoms with E-state index in [1.807, 2.05) is 0 Å². The first-order chi connectivity index (χ1) is 7.29. The molecule has 0 unspecified atom stereocenters. The van der Waals surface area contributed by atoms with Crippen LogP contribution in [0.15, 0.2) is 0 Å². The Hall–Kier alpha value is 0.110. The molecule has 86 valence electrons. The third kappa shape index (κ3) is 2.14. The minimum absolute atomic E-state index is 0.505. The van der Waals surface area contributed by atoms with Crippen molar-refractivity contribution in [1.82, 2.24) is 14.4 Å². The highest BCUT2D eigenvalue weighted by atomic mass is 31.2. The average Bonchev–Trinajstić information content (AvgIpc) is 3.09. The van der Waals surface area contributed by atoms with Gasteiger partial charge in [-0.05, 0) is 12.8 Å². The van der Waals surface area contributed by atoms with Gasteiger partial charge in [-0.25, -0.2) is 14.4 Å². The second-order valence-corrected chi connectivity index (χ2v) is 7.39. The normalized spacial score (nSPS) is 29.3. The number of rotatable bonds is 4. The average molecular weight is 229 g/mol. The molecule has 3 fully saturated rings. The highest BCUT2D eigenvalue weighted by Crippen LogP contribution is 2.57. The molecule has 5 heteroatoms. The summed E-state index contributed by atoms with van der Waals surface area (Å²) in [5, 5.41) is 3.46. The summed E-state index contributed by atoms with van der Waals surface area (Å²) in [6.07, 6.45) is 6.39. The van der Waals surface area contributed by atoms with E-state index in [9.17, 15) is 4.57 Å². The molecular formula is C10H20N3OP. The van der Waals surface area contributed by atoms with Crippen molar-refractivity contribution >= 4 is 7.59 Å².